The average Bonchev–Trinajstić information content (AvgIpc) is 2.46. The quantitative estimate of drug-likeness (QED) is 0.528. The molecule has 2 N–H and O–H groups in total. The second-order valence-corrected chi connectivity index (χ2v) is 5.52. The Balaban J connectivity index is 1.77. The fraction of sp³-hybridized carbons (Fsp3) is 0.500. The molecular weight excluding hydrogens is 297 g/mol. The summed E-state index contributed by atoms with van der Waals surface area (Å²) in [7, 11) is 0. The molecule has 0 radical (unpaired) electrons. The number of aryl methyl sites for hydroxylation is 1. The second kappa shape index (κ2) is 7.72. The molecule has 0 atom stereocenters. The van der Waals surface area contributed by atoms with Gasteiger partial charge in [0.25, 0.3) is 0 Å². The Labute approximate surface area is 129 Å². The number of ether oxygens (including phenoxy) is 1. The van der Waals surface area contributed by atoms with E-state index < -0.39 is 0 Å². The van der Waals surface area contributed by atoms with E-state index in [1.54, 1.807) is 6.07 Å². The lowest BCUT2D eigenvalue weighted by Crippen LogP contribution is -2.44. The van der Waals surface area contributed by atoms with Crippen LogP contribution in [0.25, 0.3) is 0 Å². The molecule has 6 heteroatoms. The van der Waals surface area contributed by atoms with Gasteiger partial charge in [0.1, 0.15) is 0 Å². The molecule has 0 aliphatic carbocycles. The van der Waals surface area contributed by atoms with Crippen molar-refractivity contribution in [3.05, 3.63) is 33.8 Å². The summed E-state index contributed by atoms with van der Waals surface area (Å²) in [6.45, 7) is 3.77. The number of nitrogens with zero attached hydrogens (tertiary/aromatic N) is 2. The van der Waals surface area contributed by atoms with Crippen molar-refractivity contribution in [2.75, 3.05) is 32.8 Å². The number of aliphatic imine (C=N–C) groups is 1. The largest absolute Gasteiger partial charge is 0.378 e. The van der Waals surface area contributed by atoms with Crippen molar-refractivity contribution in [1.29, 1.82) is 0 Å². The summed E-state index contributed by atoms with van der Waals surface area (Å²) in [6.07, 6.45) is 1.78. The van der Waals surface area contributed by atoms with Gasteiger partial charge in [-0.2, -0.15) is 0 Å². The Morgan fingerprint density at radius 3 is 2.75 bits per heavy atom. The zero-order valence-corrected chi connectivity index (χ0v) is 12.8. The van der Waals surface area contributed by atoms with Gasteiger partial charge < -0.3 is 15.4 Å². The highest BCUT2D eigenvalue weighted by Crippen LogP contribution is 2.21. The van der Waals surface area contributed by atoms with Crippen molar-refractivity contribution in [3.63, 3.8) is 0 Å². The molecular formula is C14H19Cl2N3O. The fourth-order valence-electron chi connectivity index (χ4n) is 2.08. The summed E-state index contributed by atoms with van der Waals surface area (Å²) in [4.78, 5) is 6.46. The molecule has 1 saturated heterocycles. The molecule has 1 fully saturated rings. The number of hydrogen-bond donors (Lipinski definition) is 1. The lowest BCUT2D eigenvalue weighted by atomic mass is 10.1. The second-order valence-electron chi connectivity index (χ2n) is 4.68. The van der Waals surface area contributed by atoms with Crippen LogP contribution in [0.1, 0.15) is 12.0 Å². The molecule has 1 aromatic rings. The van der Waals surface area contributed by atoms with Crippen molar-refractivity contribution in [1.82, 2.24) is 4.90 Å². The molecule has 0 saturated carbocycles. The third-order valence-electron chi connectivity index (χ3n) is 3.23. The van der Waals surface area contributed by atoms with Gasteiger partial charge >= 0.3 is 0 Å². The zero-order valence-electron chi connectivity index (χ0n) is 11.3. The number of hydrogen-bond acceptors (Lipinski definition) is 2. The molecule has 0 spiro atoms. The Kier molecular flexibility index (Phi) is 5.95. The van der Waals surface area contributed by atoms with Gasteiger partial charge in [-0.05, 0) is 30.5 Å². The van der Waals surface area contributed by atoms with Crippen LogP contribution >= 0.6 is 23.2 Å². The van der Waals surface area contributed by atoms with Crippen molar-refractivity contribution in [3.8, 4) is 0 Å². The smallest absolute Gasteiger partial charge is 0.191 e. The van der Waals surface area contributed by atoms with E-state index in [2.05, 4.69) is 9.89 Å². The molecule has 1 aromatic carbocycles. The minimum absolute atomic E-state index is 0.607. The van der Waals surface area contributed by atoms with Crippen LogP contribution in [-0.4, -0.2) is 43.7 Å². The number of morpholine rings is 1. The maximum absolute atomic E-state index is 6.13. The summed E-state index contributed by atoms with van der Waals surface area (Å²) in [6, 6.07) is 5.58. The van der Waals surface area contributed by atoms with Crippen LogP contribution in [0.2, 0.25) is 10.0 Å². The Hall–Kier alpha value is -0.970. The Morgan fingerprint density at radius 2 is 2.05 bits per heavy atom. The molecule has 0 bridgehead atoms. The summed E-state index contributed by atoms with van der Waals surface area (Å²) in [5, 5.41) is 1.37. The molecule has 4 nitrogen and oxygen atoms in total. The molecule has 1 aliphatic heterocycles. The van der Waals surface area contributed by atoms with Crippen LogP contribution < -0.4 is 5.73 Å². The van der Waals surface area contributed by atoms with Crippen LogP contribution in [0.3, 0.4) is 0 Å². The topological polar surface area (TPSA) is 50.8 Å². The minimum atomic E-state index is 0.607. The molecule has 110 valence electrons. The fourth-order valence-corrected chi connectivity index (χ4v) is 2.58. The van der Waals surface area contributed by atoms with Gasteiger partial charge in [-0.3, -0.25) is 4.99 Å². The van der Waals surface area contributed by atoms with Gasteiger partial charge in [0.05, 0.1) is 13.2 Å². The molecule has 1 aliphatic rings. The van der Waals surface area contributed by atoms with E-state index in [0.717, 1.165) is 44.7 Å². The summed E-state index contributed by atoms with van der Waals surface area (Å²) in [5.74, 6) is 0.607. The first-order valence-corrected chi connectivity index (χ1v) is 7.49. The van der Waals surface area contributed by atoms with Gasteiger partial charge in [0.15, 0.2) is 5.96 Å². The number of benzene rings is 1. The molecule has 2 rings (SSSR count). The van der Waals surface area contributed by atoms with E-state index >= 15 is 0 Å². The normalized spacial score (nSPS) is 16.5. The standard InChI is InChI=1S/C14H19Cl2N3O/c15-12-4-3-11(13(16)10-12)2-1-5-18-14(17)19-6-8-20-9-7-19/h3-4,10H,1-2,5-9H2,(H2,17,18). The zero-order chi connectivity index (χ0) is 14.4. The molecule has 0 unspecified atom stereocenters. The van der Waals surface area contributed by atoms with Crippen molar-refractivity contribution in [2.24, 2.45) is 10.7 Å². The Bertz CT molecular complexity index is 473. The molecule has 0 aromatic heterocycles. The average molecular weight is 316 g/mol. The summed E-state index contributed by atoms with van der Waals surface area (Å²) < 4.78 is 5.28. The van der Waals surface area contributed by atoms with E-state index in [1.807, 2.05) is 12.1 Å². The number of guanidine groups is 1. The highest BCUT2D eigenvalue weighted by atomic mass is 35.5. The van der Waals surface area contributed by atoms with E-state index in [9.17, 15) is 0 Å². The predicted octanol–water partition coefficient (Wildman–Crippen LogP) is 2.57. The van der Waals surface area contributed by atoms with Crippen molar-refractivity contribution < 1.29 is 4.74 Å². The van der Waals surface area contributed by atoms with Crippen LogP contribution in [-0.2, 0) is 11.2 Å². The Morgan fingerprint density at radius 1 is 1.30 bits per heavy atom. The molecule has 20 heavy (non-hydrogen) atoms. The minimum Gasteiger partial charge on any atom is -0.378 e. The van der Waals surface area contributed by atoms with Crippen molar-refractivity contribution >= 4 is 29.2 Å². The third kappa shape index (κ3) is 4.54. The third-order valence-corrected chi connectivity index (χ3v) is 3.82. The van der Waals surface area contributed by atoms with Gasteiger partial charge in [0.2, 0.25) is 0 Å². The highest BCUT2D eigenvalue weighted by molar-refractivity contribution is 6.35. The van der Waals surface area contributed by atoms with Crippen LogP contribution in [0.15, 0.2) is 23.2 Å². The highest BCUT2D eigenvalue weighted by Gasteiger charge is 2.11. The predicted molar refractivity (Wildman–Crippen MR) is 83.7 cm³/mol. The van der Waals surface area contributed by atoms with Gasteiger partial charge in [-0.25, -0.2) is 0 Å². The van der Waals surface area contributed by atoms with E-state index in [-0.39, 0.29) is 0 Å². The first-order valence-electron chi connectivity index (χ1n) is 6.73. The lowest BCUT2D eigenvalue weighted by molar-refractivity contribution is 0.0674. The molecule has 0 amide bonds. The first kappa shape index (κ1) is 15.4. The number of halogens is 2. The van der Waals surface area contributed by atoms with Crippen molar-refractivity contribution in [2.45, 2.75) is 12.8 Å². The van der Waals surface area contributed by atoms with Gasteiger partial charge in [-0.1, -0.05) is 29.3 Å². The maximum atomic E-state index is 6.13. The van der Waals surface area contributed by atoms with Gasteiger partial charge in [-0.15, -0.1) is 0 Å². The first-order chi connectivity index (χ1) is 9.66. The lowest BCUT2D eigenvalue weighted by Gasteiger charge is -2.27. The SMILES string of the molecule is NC(=NCCCc1ccc(Cl)cc1Cl)N1CCOCC1. The van der Waals surface area contributed by atoms with E-state index in [4.69, 9.17) is 33.7 Å². The monoisotopic (exact) mass is 315 g/mol. The van der Waals surface area contributed by atoms with Gasteiger partial charge in [0, 0.05) is 29.7 Å². The summed E-state index contributed by atoms with van der Waals surface area (Å²) in [5.41, 5.74) is 7.05. The maximum Gasteiger partial charge on any atom is 0.191 e. The van der Waals surface area contributed by atoms with E-state index in [1.165, 1.54) is 0 Å². The van der Waals surface area contributed by atoms with E-state index in [0.29, 0.717) is 22.5 Å². The number of nitrogens with two attached hydrogens (primary N) is 1. The molecule has 1 heterocycles. The van der Waals surface area contributed by atoms with Crippen LogP contribution in [0.5, 0.6) is 0 Å². The van der Waals surface area contributed by atoms with Crippen LogP contribution in [0.4, 0.5) is 0 Å². The number of rotatable bonds is 4. The van der Waals surface area contributed by atoms with Crippen LogP contribution in [0, 0.1) is 0 Å². The summed E-state index contributed by atoms with van der Waals surface area (Å²) >= 11 is 12.0.